The van der Waals surface area contributed by atoms with Gasteiger partial charge in [-0.15, -0.1) is 0 Å². The summed E-state index contributed by atoms with van der Waals surface area (Å²) in [6.07, 6.45) is 3.41. The summed E-state index contributed by atoms with van der Waals surface area (Å²) in [5, 5.41) is 6.40. The van der Waals surface area contributed by atoms with Gasteiger partial charge in [0, 0.05) is 0 Å². The largest absolute Gasteiger partial charge is 0.493 e. The Balaban J connectivity index is 1.52. The fourth-order valence-corrected chi connectivity index (χ4v) is 5.92. The van der Waals surface area contributed by atoms with Gasteiger partial charge in [-0.05, 0) is 46.4 Å². The number of hydrogen-bond donors (Lipinski definition) is 2. The predicted molar refractivity (Wildman–Crippen MR) is 191 cm³/mol. The molecular formula is C42H44N2O4. The highest BCUT2D eigenvalue weighted by Crippen LogP contribution is 2.33. The first-order valence-corrected chi connectivity index (χ1v) is 16.7. The molecule has 0 heterocycles. The lowest BCUT2D eigenvalue weighted by Crippen LogP contribution is -2.44. The zero-order valence-corrected chi connectivity index (χ0v) is 27.7. The lowest BCUT2D eigenvalue weighted by atomic mass is 9.89. The van der Waals surface area contributed by atoms with Crippen LogP contribution in [0.25, 0.3) is 0 Å². The molecule has 0 aromatic heterocycles. The molecule has 0 fully saturated rings. The summed E-state index contributed by atoms with van der Waals surface area (Å²) in [5.74, 6) is -0.538. The molecule has 0 atom stereocenters. The molecule has 0 unspecified atom stereocenters. The van der Waals surface area contributed by atoms with E-state index in [4.69, 9.17) is 9.47 Å². The predicted octanol–water partition coefficient (Wildman–Crippen LogP) is 8.55. The molecule has 48 heavy (non-hydrogen) atoms. The summed E-state index contributed by atoms with van der Waals surface area (Å²) in [4.78, 5) is 28.8. The van der Waals surface area contributed by atoms with E-state index in [0.29, 0.717) is 23.7 Å². The van der Waals surface area contributed by atoms with Crippen LogP contribution in [-0.4, -0.2) is 25.5 Å². The van der Waals surface area contributed by atoms with Gasteiger partial charge >= 0.3 is 0 Å². The van der Waals surface area contributed by atoms with Crippen molar-refractivity contribution in [3.05, 3.63) is 167 Å². The van der Waals surface area contributed by atoms with Crippen LogP contribution in [0, 0.1) is 0 Å². The molecule has 246 valence electrons. The van der Waals surface area contributed by atoms with Gasteiger partial charge in [-0.1, -0.05) is 154 Å². The topological polar surface area (TPSA) is 76.7 Å². The van der Waals surface area contributed by atoms with Crippen molar-refractivity contribution in [2.45, 2.75) is 50.6 Å². The Morgan fingerprint density at radius 3 is 1.38 bits per heavy atom. The third kappa shape index (κ3) is 8.91. The number of benzene rings is 5. The molecule has 2 amide bonds. The Morgan fingerprint density at radius 2 is 0.979 bits per heavy atom. The second-order valence-corrected chi connectivity index (χ2v) is 11.8. The van der Waals surface area contributed by atoms with E-state index in [2.05, 4.69) is 17.6 Å². The highest BCUT2D eigenvalue weighted by atomic mass is 16.5. The van der Waals surface area contributed by atoms with E-state index in [9.17, 15) is 9.59 Å². The molecule has 6 nitrogen and oxygen atoms in total. The van der Waals surface area contributed by atoms with Crippen LogP contribution in [0.1, 0.15) is 78.4 Å². The van der Waals surface area contributed by atoms with Gasteiger partial charge in [0.1, 0.15) is 6.17 Å². The third-order valence-corrected chi connectivity index (χ3v) is 8.41. The Hall–Kier alpha value is -5.36. The maximum absolute atomic E-state index is 14.4. The molecule has 2 N–H and O–H groups in total. The smallest absolute Gasteiger partial charge is 0.233 e. The van der Waals surface area contributed by atoms with E-state index < -0.39 is 18.0 Å². The van der Waals surface area contributed by atoms with Gasteiger partial charge in [-0.25, -0.2) is 0 Å². The number of rotatable bonds is 16. The number of carbonyl (C=O) groups is 2. The van der Waals surface area contributed by atoms with Gasteiger partial charge in [0.2, 0.25) is 11.8 Å². The van der Waals surface area contributed by atoms with Crippen molar-refractivity contribution in [2.24, 2.45) is 0 Å². The van der Waals surface area contributed by atoms with Gasteiger partial charge in [0.25, 0.3) is 0 Å². The molecule has 5 aromatic carbocycles. The summed E-state index contributed by atoms with van der Waals surface area (Å²) in [6.45, 7) is 2.72. The molecule has 0 radical (unpaired) electrons. The number of unbranched alkanes of at least 4 members (excludes halogenated alkanes) is 3. The average Bonchev–Trinajstić information content (AvgIpc) is 3.13. The summed E-state index contributed by atoms with van der Waals surface area (Å²) < 4.78 is 11.8. The molecule has 0 aliphatic heterocycles. The minimum atomic E-state index is -0.872. The average molecular weight is 641 g/mol. The van der Waals surface area contributed by atoms with Crippen molar-refractivity contribution in [1.29, 1.82) is 0 Å². The minimum absolute atomic E-state index is 0.244. The van der Waals surface area contributed by atoms with Crippen molar-refractivity contribution in [2.75, 3.05) is 13.7 Å². The van der Waals surface area contributed by atoms with Crippen LogP contribution in [0.3, 0.4) is 0 Å². The van der Waals surface area contributed by atoms with Crippen molar-refractivity contribution < 1.29 is 19.1 Å². The fourth-order valence-electron chi connectivity index (χ4n) is 5.92. The van der Waals surface area contributed by atoms with E-state index in [0.717, 1.165) is 47.9 Å². The zero-order chi connectivity index (χ0) is 33.6. The van der Waals surface area contributed by atoms with Crippen LogP contribution in [0.4, 0.5) is 0 Å². The Labute approximate surface area is 284 Å². The Kier molecular flexibility index (Phi) is 12.4. The van der Waals surface area contributed by atoms with Gasteiger partial charge in [-0.3, -0.25) is 9.59 Å². The molecule has 5 aromatic rings. The van der Waals surface area contributed by atoms with Crippen LogP contribution in [0.15, 0.2) is 140 Å². The van der Waals surface area contributed by atoms with E-state index >= 15 is 0 Å². The number of ether oxygens (including phenoxy) is 2. The van der Waals surface area contributed by atoms with Gasteiger partial charge in [0.15, 0.2) is 11.5 Å². The van der Waals surface area contributed by atoms with Crippen molar-refractivity contribution in [3.63, 3.8) is 0 Å². The minimum Gasteiger partial charge on any atom is -0.493 e. The summed E-state index contributed by atoms with van der Waals surface area (Å²) in [7, 11) is 1.61. The van der Waals surface area contributed by atoms with Crippen molar-refractivity contribution in [1.82, 2.24) is 10.6 Å². The lowest BCUT2D eigenvalue weighted by molar-refractivity contribution is -0.125. The number of nitrogens with one attached hydrogen (secondary N) is 2. The number of amides is 2. The highest BCUT2D eigenvalue weighted by Gasteiger charge is 2.30. The normalized spacial score (nSPS) is 11.0. The van der Waals surface area contributed by atoms with Crippen LogP contribution in [0.5, 0.6) is 11.5 Å². The first kappa shape index (κ1) is 34.0. The van der Waals surface area contributed by atoms with Crippen LogP contribution in [-0.2, 0) is 9.59 Å². The molecular weight excluding hydrogens is 596 g/mol. The Bertz CT molecular complexity index is 1540. The van der Waals surface area contributed by atoms with E-state index in [1.807, 2.05) is 140 Å². The zero-order valence-electron chi connectivity index (χ0n) is 27.7. The second-order valence-electron chi connectivity index (χ2n) is 11.8. The molecule has 0 aliphatic rings. The Morgan fingerprint density at radius 1 is 0.542 bits per heavy atom. The van der Waals surface area contributed by atoms with Gasteiger partial charge < -0.3 is 20.1 Å². The van der Waals surface area contributed by atoms with Gasteiger partial charge in [-0.2, -0.15) is 0 Å². The quantitative estimate of drug-likeness (QED) is 0.0837. The second kappa shape index (κ2) is 17.5. The first-order valence-electron chi connectivity index (χ1n) is 16.7. The molecule has 6 heteroatoms. The monoisotopic (exact) mass is 640 g/mol. The van der Waals surface area contributed by atoms with Crippen molar-refractivity contribution in [3.8, 4) is 11.5 Å². The molecule has 0 bridgehead atoms. The fraction of sp³-hybridized carbons (Fsp3) is 0.238. The van der Waals surface area contributed by atoms with Gasteiger partial charge in [0.05, 0.1) is 25.6 Å². The number of hydrogen-bond acceptors (Lipinski definition) is 4. The SMILES string of the molecule is CCCCCCOc1cc(C(NC(=O)C(c2ccccc2)c2ccccc2)NC(=O)C(c2ccccc2)c2ccccc2)ccc1OC. The van der Waals surface area contributed by atoms with Crippen LogP contribution >= 0.6 is 0 Å². The summed E-state index contributed by atoms with van der Waals surface area (Å²) in [6, 6.07) is 44.2. The lowest BCUT2D eigenvalue weighted by Gasteiger charge is -2.27. The summed E-state index contributed by atoms with van der Waals surface area (Å²) >= 11 is 0. The first-order chi connectivity index (χ1) is 23.6. The summed E-state index contributed by atoms with van der Waals surface area (Å²) in [5.41, 5.74) is 4.07. The van der Waals surface area contributed by atoms with E-state index in [1.54, 1.807) is 7.11 Å². The van der Waals surface area contributed by atoms with E-state index in [-0.39, 0.29) is 11.8 Å². The third-order valence-electron chi connectivity index (χ3n) is 8.41. The molecule has 0 spiro atoms. The number of methoxy groups -OCH3 is 1. The molecule has 0 saturated heterocycles. The number of carbonyl (C=O) groups excluding carboxylic acids is 2. The molecule has 0 saturated carbocycles. The maximum atomic E-state index is 14.4. The molecule has 5 rings (SSSR count). The maximum Gasteiger partial charge on any atom is 0.233 e. The van der Waals surface area contributed by atoms with E-state index in [1.165, 1.54) is 0 Å². The highest BCUT2D eigenvalue weighted by molar-refractivity contribution is 5.90. The standard InChI is InChI=1S/C42H44N2O4/c1-3-4-5-18-29-48-37-30-35(27-28-36(37)47-2)40(43-41(45)38(31-19-10-6-11-20-31)32-21-12-7-13-22-32)44-42(46)39(33-23-14-8-15-24-33)34-25-16-9-17-26-34/h6-17,19-28,30,38-40H,3-5,18,29H2,1-2H3,(H,43,45)(H,44,46). The van der Waals surface area contributed by atoms with Crippen molar-refractivity contribution >= 4 is 11.8 Å². The van der Waals surface area contributed by atoms with Crippen LogP contribution in [0.2, 0.25) is 0 Å². The molecule has 0 aliphatic carbocycles. The van der Waals surface area contributed by atoms with Crippen LogP contribution < -0.4 is 20.1 Å².